The van der Waals surface area contributed by atoms with Crippen LogP contribution in [0.1, 0.15) is 59.5 Å². The third-order valence-electron chi connectivity index (χ3n) is 4.79. The van der Waals surface area contributed by atoms with E-state index >= 15 is 0 Å². The van der Waals surface area contributed by atoms with Crippen molar-refractivity contribution >= 4 is 21.8 Å². The first-order chi connectivity index (χ1) is 11.7. The molecular formula is C18H19BrN2O3. The van der Waals surface area contributed by atoms with Gasteiger partial charge in [-0.05, 0) is 43.9 Å². The molecule has 0 N–H and O–H groups in total. The lowest BCUT2D eigenvalue weighted by Crippen LogP contribution is -2.31. The van der Waals surface area contributed by atoms with Crippen LogP contribution in [0.25, 0.3) is 0 Å². The van der Waals surface area contributed by atoms with E-state index in [-0.39, 0.29) is 11.9 Å². The summed E-state index contributed by atoms with van der Waals surface area (Å²) in [5, 5.41) is 4.00. The Hall–Kier alpha value is -1.82. The Bertz CT molecular complexity index is 769. The van der Waals surface area contributed by atoms with Crippen LogP contribution in [0.3, 0.4) is 0 Å². The molecule has 4 rings (SSSR count). The first-order valence-electron chi connectivity index (χ1n) is 8.28. The molecular weight excluding hydrogens is 372 g/mol. The summed E-state index contributed by atoms with van der Waals surface area (Å²) in [5.74, 6) is 2.05. The first kappa shape index (κ1) is 15.7. The molecule has 126 valence electrons. The van der Waals surface area contributed by atoms with Crippen molar-refractivity contribution in [3.8, 4) is 5.75 Å². The molecule has 1 saturated carbocycles. The molecule has 1 saturated heterocycles. The largest absolute Gasteiger partial charge is 0.496 e. The molecule has 24 heavy (non-hydrogen) atoms. The van der Waals surface area contributed by atoms with Crippen LogP contribution >= 0.6 is 15.9 Å². The van der Waals surface area contributed by atoms with E-state index < -0.39 is 0 Å². The number of halogens is 1. The van der Waals surface area contributed by atoms with Gasteiger partial charge in [0, 0.05) is 28.6 Å². The highest BCUT2D eigenvalue weighted by atomic mass is 79.9. The van der Waals surface area contributed by atoms with E-state index in [2.05, 4.69) is 21.1 Å². The van der Waals surface area contributed by atoms with E-state index in [1.807, 2.05) is 29.2 Å². The molecule has 5 nitrogen and oxygen atoms in total. The van der Waals surface area contributed by atoms with E-state index in [1.54, 1.807) is 7.11 Å². The number of carbonyl (C=O) groups excluding carboxylic acids is 1. The highest BCUT2D eigenvalue weighted by Gasteiger charge is 2.35. The number of likely N-dealkylation sites (tertiary alicyclic amines) is 1. The minimum absolute atomic E-state index is 0.00558. The number of nitrogens with zero attached hydrogens (tertiary/aromatic N) is 2. The average Bonchev–Trinajstić information content (AvgIpc) is 3.13. The molecule has 2 fully saturated rings. The van der Waals surface area contributed by atoms with Crippen molar-refractivity contribution in [1.29, 1.82) is 0 Å². The van der Waals surface area contributed by atoms with Gasteiger partial charge in [-0.2, -0.15) is 0 Å². The number of aromatic nitrogens is 1. The SMILES string of the molecule is COc1ccc(Br)cc1C1CCCN1C(=O)c1cc(C2CC2)on1. The van der Waals surface area contributed by atoms with Gasteiger partial charge in [-0.3, -0.25) is 4.79 Å². The maximum atomic E-state index is 12.9. The van der Waals surface area contributed by atoms with E-state index in [9.17, 15) is 4.79 Å². The number of ether oxygens (including phenoxy) is 1. The second kappa shape index (κ2) is 6.24. The molecule has 1 amide bonds. The summed E-state index contributed by atoms with van der Waals surface area (Å²) < 4.78 is 11.8. The molecule has 1 aromatic carbocycles. The molecule has 1 aliphatic heterocycles. The summed E-state index contributed by atoms with van der Waals surface area (Å²) >= 11 is 3.51. The van der Waals surface area contributed by atoms with Crippen LogP contribution in [0.4, 0.5) is 0 Å². The Balaban J connectivity index is 1.62. The molecule has 0 radical (unpaired) electrons. The van der Waals surface area contributed by atoms with Crippen LogP contribution in [0.2, 0.25) is 0 Å². The number of rotatable bonds is 4. The smallest absolute Gasteiger partial charge is 0.276 e. The van der Waals surface area contributed by atoms with Gasteiger partial charge in [0.05, 0.1) is 13.2 Å². The minimum Gasteiger partial charge on any atom is -0.496 e. The molecule has 1 atom stereocenters. The fraction of sp³-hybridized carbons (Fsp3) is 0.444. The number of methoxy groups -OCH3 is 1. The Kier molecular flexibility index (Phi) is 4.08. The van der Waals surface area contributed by atoms with Crippen molar-refractivity contribution in [2.75, 3.05) is 13.7 Å². The van der Waals surface area contributed by atoms with E-state index in [0.29, 0.717) is 11.6 Å². The lowest BCUT2D eigenvalue weighted by atomic mass is 10.0. The van der Waals surface area contributed by atoms with Crippen molar-refractivity contribution in [2.45, 2.75) is 37.6 Å². The van der Waals surface area contributed by atoms with Gasteiger partial charge < -0.3 is 14.2 Å². The maximum absolute atomic E-state index is 12.9. The molecule has 2 heterocycles. The predicted octanol–water partition coefficient (Wildman–Crippen LogP) is 4.30. The molecule has 1 unspecified atom stereocenters. The highest BCUT2D eigenvalue weighted by molar-refractivity contribution is 9.10. The van der Waals surface area contributed by atoms with E-state index in [0.717, 1.165) is 53.8 Å². The first-order valence-corrected chi connectivity index (χ1v) is 9.07. The van der Waals surface area contributed by atoms with Crippen LogP contribution in [0.15, 0.2) is 33.3 Å². The zero-order chi connectivity index (χ0) is 16.7. The van der Waals surface area contributed by atoms with Gasteiger partial charge in [-0.25, -0.2) is 0 Å². The topological polar surface area (TPSA) is 55.6 Å². The molecule has 1 aromatic heterocycles. The predicted molar refractivity (Wildman–Crippen MR) is 92.2 cm³/mol. The maximum Gasteiger partial charge on any atom is 0.276 e. The zero-order valence-electron chi connectivity index (χ0n) is 13.5. The summed E-state index contributed by atoms with van der Waals surface area (Å²) in [5.41, 5.74) is 1.45. The summed E-state index contributed by atoms with van der Waals surface area (Å²) in [6.45, 7) is 0.727. The normalized spacial score (nSPS) is 20.4. The Labute approximate surface area is 149 Å². The number of benzene rings is 1. The van der Waals surface area contributed by atoms with Crippen LogP contribution in [0, 0.1) is 0 Å². The van der Waals surface area contributed by atoms with Crippen molar-refractivity contribution in [3.63, 3.8) is 0 Å². The van der Waals surface area contributed by atoms with E-state index in [4.69, 9.17) is 9.26 Å². The van der Waals surface area contributed by atoms with Crippen LogP contribution < -0.4 is 4.74 Å². The average molecular weight is 391 g/mol. The van der Waals surface area contributed by atoms with Gasteiger partial charge in [-0.1, -0.05) is 21.1 Å². The van der Waals surface area contributed by atoms with Crippen molar-refractivity contribution < 1.29 is 14.1 Å². The fourth-order valence-corrected chi connectivity index (χ4v) is 3.78. The summed E-state index contributed by atoms with van der Waals surface area (Å²) in [6.07, 6.45) is 4.15. The zero-order valence-corrected chi connectivity index (χ0v) is 15.1. The molecule has 1 aliphatic carbocycles. The Morgan fingerprint density at radius 2 is 2.17 bits per heavy atom. The summed E-state index contributed by atoms with van der Waals surface area (Å²) in [4.78, 5) is 14.8. The molecule has 2 aliphatic rings. The summed E-state index contributed by atoms with van der Waals surface area (Å²) in [7, 11) is 1.66. The van der Waals surface area contributed by atoms with Gasteiger partial charge in [0.2, 0.25) is 0 Å². The Morgan fingerprint density at radius 3 is 2.92 bits per heavy atom. The molecule has 0 spiro atoms. The number of carbonyl (C=O) groups is 1. The van der Waals surface area contributed by atoms with Gasteiger partial charge in [0.1, 0.15) is 11.5 Å². The van der Waals surface area contributed by atoms with Gasteiger partial charge >= 0.3 is 0 Å². The second-order valence-corrected chi connectivity index (χ2v) is 7.35. The number of hydrogen-bond donors (Lipinski definition) is 0. The quantitative estimate of drug-likeness (QED) is 0.780. The van der Waals surface area contributed by atoms with Gasteiger partial charge in [0.25, 0.3) is 5.91 Å². The van der Waals surface area contributed by atoms with Crippen LogP contribution in [0.5, 0.6) is 5.75 Å². The van der Waals surface area contributed by atoms with Gasteiger partial charge in [-0.15, -0.1) is 0 Å². The van der Waals surface area contributed by atoms with Gasteiger partial charge in [0.15, 0.2) is 5.69 Å². The number of amides is 1. The fourth-order valence-electron chi connectivity index (χ4n) is 3.40. The van der Waals surface area contributed by atoms with E-state index in [1.165, 1.54) is 0 Å². The van der Waals surface area contributed by atoms with Crippen molar-refractivity contribution in [1.82, 2.24) is 10.1 Å². The number of hydrogen-bond acceptors (Lipinski definition) is 4. The summed E-state index contributed by atoms with van der Waals surface area (Å²) in [6, 6.07) is 7.73. The molecule has 6 heteroatoms. The van der Waals surface area contributed by atoms with Crippen LogP contribution in [-0.4, -0.2) is 29.6 Å². The second-order valence-electron chi connectivity index (χ2n) is 6.43. The van der Waals surface area contributed by atoms with Crippen LogP contribution in [-0.2, 0) is 0 Å². The monoisotopic (exact) mass is 390 g/mol. The Morgan fingerprint density at radius 1 is 1.33 bits per heavy atom. The molecule has 0 bridgehead atoms. The third kappa shape index (κ3) is 2.83. The standard InChI is InChI=1S/C18H19BrN2O3/c1-23-16-7-6-12(19)9-13(16)15-3-2-8-21(15)18(22)14-10-17(24-20-14)11-4-5-11/h6-7,9-11,15H,2-5,8H2,1H3. The minimum atomic E-state index is -0.0600. The van der Waals surface area contributed by atoms with Crippen molar-refractivity contribution in [3.05, 3.63) is 45.8 Å². The highest BCUT2D eigenvalue weighted by Crippen LogP contribution is 2.41. The third-order valence-corrected chi connectivity index (χ3v) is 5.28. The lowest BCUT2D eigenvalue weighted by molar-refractivity contribution is 0.0723. The van der Waals surface area contributed by atoms with Crippen molar-refractivity contribution in [2.24, 2.45) is 0 Å². The molecule has 2 aromatic rings. The lowest BCUT2D eigenvalue weighted by Gasteiger charge is -2.25.